The molecule has 0 unspecified atom stereocenters. The number of aromatic nitrogens is 1. The molecule has 1 saturated carbocycles. The van der Waals surface area contributed by atoms with Crippen LogP contribution >= 0.6 is 0 Å². The van der Waals surface area contributed by atoms with Crippen LogP contribution in [0, 0.1) is 0 Å². The molecule has 2 amide bonds. The zero-order valence-electron chi connectivity index (χ0n) is 16.8. The fourth-order valence-electron chi connectivity index (χ4n) is 4.79. The van der Waals surface area contributed by atoms with Crippen LogP contribution in [0.1, 0.15) is 31.2 Å². The van der Waals surface area contributed by atoms with Gasteiger partial charge in [-0.3, -0.25) is 9.80 Å². The molecule has 2 aromatic rings. The maximum Gasteiger partial charge on any atom is 0.323 e. The molecular weight excluding hydrogens is 352 g/mol. The van der Waals surface area contributed by atoms with Gasteiger partial charge in [-0.15, -0.1) is 0 Å². The standard InChI is InChI=1S/C22H28N4O2/c1-25(2)22(17-8-5-4-6-9-17)13-11-21(12-14-22)16-26(20(27)24-21)19-18(28-3)10-7-15-23-19/h4-10,15H,11-14,16H2,1-3H3,(H,24,27)/t21-,22+. The summed E-state index contributed by atoms with van der Waals surface area (Å²) < 4.78 is 5.41. The van der Waals surface area contributed by atoms with E-state index in [1.54, 1.807) is 18.2 Å². The number of benzene rings is 1. The normalized spacial score (nSPS) is 27.3. The first-order chi connectivity index (χ1) is 13.5. The number of ether oxygens (including phenoxy) is 1. The number of rotatable bonds is 4. The fourth-order valence-corrected chi connectivity index (χ4v) is 4.79. The number of hydrogen-bond donors (Lipinski definition) is 1. The van der Waals surface area contributed by atoms with E-state index in [1.165, 1.54) is 5.56 Å². The van der Waals surface area contributed by atoms with Gasteiger partial charge in [-0.1, -0.05) is 30.3 Å². The highest BCUT2D eigenvalue weighted by Crippen LogP contribution is 2.46. The molecule has 1 spiro atoms. The highest BCUT2D eigenvalue weighted by Gasteiger charge is 2.50. The number of pyridine rings is 1. The smallest absolute Gasteiger partial charge is 0.323 e. The minimum atomic E-state index is -0.214. The number of hydrogen-bond acceptors (Lipinski definition) is 4. The predicted octanol–water partition coefficient (Wildman–Crippen LogP) is 3.39. The maximum absolute atomic E-state index is 12.8. The second-order valence-electron chi connectivity index (χ2n) is 8.12. The van der Waals surface area contributed by atoms with E-state index < -0.39 is 0 Å². The molecule has 6 heteroatoms. The van der Waals surface area contributed by atoms with Crippen LogP contribution in [0.3, 0.4) is 0 Å². The average molecular weight is 380 g/mol. The predicted molar refractivity (Wildman–Crippen MR) is 110 cm³/mol. The lowest BCUT2D eigenvalue weighted by atomic mass is 9.69. The zero-order chi connectivity index (χ0) is 19.8. The van der Waals surface area contributed by atoms with Gasteiger partial charge < -0.3 is 10.1 Å². The minimum absolute atomic E-state index is 0.00729. The largest absolute Gasteiger partial charge is 0.493 e. The molecule has 2 heterocycles. The Morgan fingerprint density at radius 1 is 1.07 bits per heavy atom. The Kier molecular flexibility index (Phi) is 4.75. The van der Waals surface area contributed by atoms with Crippen molar-refractivity contribution in [2.24, 2.45) is 0 Å². The lowest BCUT2D eigenvalue weighted by Gasteiger charge is -2.48. The lowest BCUT2D eigenvalue weighted by Crippen LogP contribution is -2.54. The molecule has 1 saturated heterocycles. The molecule has 0 radical (unpaired) electrons. The van der Waals surface area contributed by atoms with E-state index in [0.717, 1.165) is 25.7 Å². The van der Waals surface area contributed by atoms with Gasteiger partial charge in [0.05, 0.1) is 19.2 Å². The number of amides is 2. The van der Waals surface area contributed by atoms with Crippen molar-refractivity contribution >= 4 is 11.8 Å². The molecule has 28 heavy (non-hydrogen) atoms. The highest BCUT2D eigenvalue weighted by molar-refractivity contribution is 5.95. The van der Waals surface area contributed by atoms with Gasteiger partial charge in [-0.2, -0.15) is 0 Å². The Hall–Kier alpha value is -2.60. The Labute approximate surface area is 166 Å². The van der Waals surface area contributed by atoms with Crippen LogP contribution in [0.4, 0.5) is 10.6 Å². The molecule has 148 valence electrons. The van der Waals surface area contributed by atoms with Crippen molar-refractivity contribution in [2.45, 2.75) is 36.8 Å². The van der Waals surface area contributed by atoms with Gasteiger partial charge >= 0.3 is 6.03 Å². The summed E-state index contributed by atoms with van der Waals surface area (Å²) in [5.74, 6) is 1.21. The van der Waals surface area contributed by atoms with Crippen molar-refractivity contribution in [3.05, 3.63) is 54.2 Å². The summed E-state index contributed by atoms with van der Waals surface area (Å²) in [5, 5.41) is 3.27. The molecule has 0 atom stereocenters. The quantitative estimate of drug-likeness (QED) is 0.883. The fraction of sp³-hybridized carbons (Fsp3) is 0.455. The zero-order valence-corrected chi connectivity index (χ0v) is 16.8. The van der Waals surface area contributed by atoms with Gasteiger partial charge in [-0.05, 0) is 57.5 Å². The van der Waals surface area contributed by atoms with Crippen LogP contribution in [0.15, 0.2) is 48.7 Å². The lowest BCUT2D eigenvalue weighted by molar-refractivity contribution is 0.0657. The number of carbonyl (C=O) groups is 1. The molecule has 1 aliphatic carbocycles. The SMILES string of the molecule is COc1cccnc1N1C[C@]2(CC[C@](c3ccccc3)(N(C)C)CC2)NC1=O. The maximum atomic E-state index is 12.8. The monoisotopic (exact) mass is 380 g/mol. The van der Waals surface area contributed by atoms with Crippen molar-refractivity contribution in [1.82, 2.24) is 15.2 Å². The van der Waals surface area contributed by atoms with E-state index in [4.69, 9.17) is 4.74 Å². The van der Waals surface area contributed by atoms with Gasteiger partial charge in [0.1, 0.15) is 0 Å². The van der Waals surface area contributed by atoms with Crippen LogP contribution < -0.4 is 15.0 Å². The summed E-state index contributed by atoms with van der Waals surface area (Å²) in [4.78, 5) is 21.3. The van der Waals surface area contributed by atoms with Crippen LogP contribution in [0.2, 0.25) is 0 Å². The van der Waals surface area contributed by atoms with Gasteiger partial charge in [0, 0.05) is 11.7 Å². The molecule has 1 aromatic carbocycles. The number of nitrogens with zero attached hydrogens (tertiary/aromatic N) is 3. The molecule has 6 nitrogen and oxygen atoms in total. The van der Waals surface area contributed by atoms with E-state index in [0.29, 0.717) is 18.1 Å². The van der Waals surface area contributed by atoms with E-state index in [1.807, 2.05) is 12.1 Å². The number of anilines is 1. The Bertz CT molecular complexity index is 845. The molecule has 0 bridgehead atoms. The number of carbonyl (C=O) groups excluding carboxylic acids is 1. The molecule has 2 fully saturated rings. The van der Waals surface area contributed by atoms with Gasteiger partial charge in [-0.25, -0.2) is 9.78 Å². The summed E-state index contributed by atoms with van der Waals surface area (Å²) in [5.41, 5.74) is 1.14. The first kappa shape index (κ1) is 18.7. The first-order valence-corrected chi connectivity index (χ1v) is 9.81. The number of methoxy groups -OCH3 is 1. The third-order valence-corrected chi connectivity index (χ3v) is 6.51. The molecule has 1 aliphatic heterocycles. The van der Waals surface area contributed by atoms with Gasteiger partial charge in [0.2, 0.25) is 0 Å². The highest BCUT2D eigenvalue weighted by atomic mass is 16.5. The topological polar surface area (TPSA) is 57.7 Å². The van der Waals surface area contributed by atoms with Crippen molar-refractivity contribution in [3.63, 3.8) is 0 Å². The van der Waals surface area contributed by atoms with Crippen LogP contribution in [-0.2, 0) is 5.54 Å². The Morgan fingerprint density at radius 3 is 2.43 bits per heavy atom. The average Bonchev–Trinajstić information content (AvgIpc) is 3.05. The molecule has 2 aliphatic rings. The van der Waals surface area contributed by atoms with Crippen LogP contribution in [0.5, 0.6) is 5.75 Å². The molecular formula is C22H28N4O2. The second-order valence-corrected chi connectivity index (χ2v) is 8.12. The van der Waals surface area contributed by atoms with Crippen molar-refractivity contribution < 1.29 is 9.53 Å². The van der Waals surface area contributed by atoms with Gasteiger partial charge in [0.15, 0.2) is 11.6 Å². The third-order valence-electron chi connectivity index (χ3n) is 6.51. The minimum Gasteiger partial charge on any atom is -0.493 e. The van der Waals surface area contributed by atoms with Crippen molar-refractivity contribution in [3.8, 4) is 5.75 Å². The molecule has 1 N–H and O–H groups in total. The molecule has 4 rings (SSSR count). The number of urea groups is 1. The summed E-state index contributed by atoms with van der Waals surface area (Å²) in [6.45, 7) is 0.623. The summed E-state index contributed by atoms with van der Waals surface area (Å²) in [7, 11) is 5.92. The van der Waals surface area contributed by atoms with Crippen molar-refractivity contribution in [2.75, 3.05) is 32.6 Å². The van der Waals surface area contributed by atoms with E-state index in [2.05, 4.69) is 59.6 Å². The summed E-state index contributed by atoms with van der Waals surface area (Å²) in [6, 6.07) is 14.3. The molecule has 1 aromatic heterocycles. The second kappa shape index (κ2) is 7.09. The van der Waals surface area contributed by atoms with E-state index in [9.17, 15) is 4.79 Å². The first-order valence-electron chi connectivity index (χ1n) is 9.81. The van der Waals surface area contributed by atoms with E-state index in [-0.39, 0.29) is 17.1 Å². The summed E-state index contributed by atoms with van der Waals surface area (Å²) in [6.07, 6.45) is 5.55. The van der Waals surface area contributed by atoms with E-state index >= 15 is 0 Å². The van der Waals surface area contributed by atoms with Crippen LogP contribution in [-0.4, -0.2) is 49.2 Å². The van der Waals surface area contributed by atoms with Crippen LogP contribution in [0.25, 0.3) is 0 Å². The number of nitrogens with one attached hydrogen (secondary N) is 1. The third kappa shape index (κ3) is 3.02. The summed E-state index contributed by atoms with van der Waals surface area (Å²) >= 11 is 0. The Morgan fingerprint density at radius 2 is 1.79 bits per heavy atom. The van der Waals surface area contributed by atoms with Crippen molar-refractivity contribution in [1.29, 1.82) is 0 Å². The Balaban J connectivity index is 1.57. The van der Waals surface area contributed by atoms with Gasteiger partial charge in [0.25, 0.3) is 0 Å².